The molecule has 0 N–H and O–H groups in total. The van der Waals surface area contributed by atoms with Gasteiger partial charge in [0.25, 0.3) is 5.91 Å². The van der Waals surface area contributed by atoms with Crippen molar-refractivity contribution >= 4 is 5.91 Å². The first-order valence-electron chi connectivity index (χ1n) is 6.90. The number of hydrogen-bond acceptors (Lipinski definition) is 5. The molecule has 2 aromatic rings. The number of carbonyl (C=O) groups is 1. The smallest absolute Gasteiger partial charge is 0.259 e. The Morgan fingerprint density at radius 2 is 2.29 bits per heavy atom. The van der Waals surface area contributed by atoms with Crippen LogP contribution in [-0.2, 0) is 4.74 Å². The van der Waals surface area contributed by atoms with Crippen LogP contribution in [0.25, 0.3) is 0 Å². The molecule has 1 unspecified atom stereocenters. The van der Waals surface area contributed by atoms with Crippen molar-refractivity contribution < 1.29 is 14.1 Å². The fourth-order valence-corrected chi connectivity index (χ4v) is 2.55. The fraction of sp³-hybridized carbons (Fsp3) is 0.400. The lowest BCUT2D eigenvalue weighted by atomic mass is 10.1. The second kappa shape index (κ2) is 5.65. The molecule has 1 aliphatic rings. The van der Waals surface area contributed by atoms with Crippen LogP contribution in [0.15, 0.2) is 29.0 Å². The zero-order valence-electron chi connectivity index (χ0n) is 12.1. The molecule has 0 spiro atoms. The first-order valence-corrected chi connectivity index (χ1v) is 6.90. The molecule has 0 saturated carbocycles. The third-order valence-corrected chi connectivity index (χ3v) is 3.66. The molecular formula is C15H17N3O3. The molecule has 3 heterocycles. The molecule has 0 radical (unpaired) electrons. The van der Waals surface area contributed by atoms with Gasteiger partial charge in [0, 0.05) is 24.5 Å². The third-order valence-electron chi connectivity index (χ3n) is 3.66. The monoisotopic (exact) mass is 287 g/mol. The lowest BCUT2D eigenvalue weighted by Crippen LogP contribution is -2.42. The Hall–Kier alpha value is -2.21. The highest BCUT2D eigenvalue weighted by Crippen LogP contribution is 2.24. The van der Waals surface area contributed by atoms with Gasteiger partial charge in [-0.25, -0.2) is 0 Å². The van der Waals surface area contributed by atoms with E-state index in [0.717, 1.165) is 5.56 Å². The average Bonchev–Trinajstić information content (AvgIpc) is 2.86. The van der Waals surface area contributed by atoms with Crippen molar-refractivity contribution in [2.24, 2.45) is 0 Å². The Bertz CT molecular complexity index is 619. The lowest BCUT2D eigenvalue weighted by molar-refractivity contribution is -0.0230. The number of ether oxygens (including phenoxy) is 1. The molecule has 0 bridgehead atoms. The van der Waals surface area contributed by atoms with Gasteiger partial charge in [-0.05, 0) is 19.9 Å². The molecule has 1 fully saturated rings. The zero-order valence-corrected chi connectivity index (χ0v) is 12.1. The Kier molecular flexibility index (Phi) is 3.70. The van der Waals surface area contributed by atoms with Gasteiger partial charge in [0.15, 0.2) is 0 Å². The maximum atomic E-state index is 12.6. The normalized spacial score (nSPS) is 18.8. The average molecular weight is 287 g/mol. The highest BCUT2D eigenvalue weighted by atomic mass is 16.5. The standard InChI is InChI=1S/C15H17N3O3/c1-10-14(11(2)21-17-10)15(19)18-6-7-20-13(9-18)12-4-3-5-16-8-12/h3-5,8,13H,6-7,9H2,1-2H3. The van der Waals surface area contributed by atoms with Crippen LogP contribution in [0.1, 0.15) is 33.5 Å². The summed E-state index contributed by atoms with van der Waals surface area (Å²) in [4.78, 5) is 18.5. The summed E-state index contributed by atoms with van der Waals surface area (Å²) in [5.41, 5.74) is 2.16. The molecule has 6 nitrogen and oxygen atoms in total. The Labute approximate surface area is 122 Å². The van der Waals surface area contributed by atoms with Crippen LogP contribution >= 0.6 is 0 Å². The summed E-state index contributed by atoms with van der Waals surface area (Å²) in [6.07, 6.45) is 3.35. The number of amides is 1. The van der Waals surface area contributed by atoms with Crippen LogP contribution in [0, 0.1) is 13.8 Å². The van der Waals surface area contributed by atoms with Crippen LogP contribution in [-0.4, -0.2) is 40.6 Å². The van der Waals surface area contributed by atoms with Gasteiger partial charge in [-0.1, -0.05) is 11.2 Å². The largest absolute Gasteiger partial charge is 0.370 e. The molecule has 1 atom stereocenters. The van der Waals surface area contributed by atoms with Gasteiger partial charge in [0.05, 0.1) is 18.8 Å². The maximum Gasteiger partial charge on any atom is 0.259 e. The van der Waals surface area contributed by atoms with Gasteiger partial charge >= 0.3 is 0 Å². The number of rotatable bonds is 2. The van der Waals surface area contributed by atoms with Gasteiger partial charge in [-0.3, -0.25) is 9.78 Å². The van der Waals surface area contributed by atoms with Crippen LogP contribution in [0.2, 0.25) is 0 Å². The number of nitrogens with zero attached hydrogens (tertiary/aromatic N) is 3. The SMILES string of the molecule is Cc1noc(C)c1C(=O)N1CCOC(c2cccnc2)C1. The molecule has 3 rings (SSSR count). The molecule has 110 valence electrons. The summed E-state index contributed by atoms with van der Waals surface area (Å²) >= 11 is 0. The Morgan fingerprint density at radius 1 is 1.43 bits per heavy atom. The van der Waals surface area contributed by atoms with Crippen molar-refractivity contribution in [1.82, 2.24) is 15.0 Å². The van der Waals surface area contributed by atoms with Gasteiger partial charge in [-0.15, -0.1) is 0 Å². The van der Waals surface area contributed by atoms with E-state index in [9.17, 15) is 4.79 Å². The maximum absolute atomic E-state index is 12.6. The van der Waals surface area contributed by atoms with Gasteiger partial charge in [0.2, 0.25) is 0 Å². The topological polar surface area (TPSA) is 68.5 Å². The van der Waals surface area contributed by atoms with E-state index >= 15 is 0 Å². The number of hydrogen-bond donors (Lipinski definition) is 0. The summed E-state index contributed by atoms with van der Waals surface area (Å²) in [6, 6.07) is 3.83. The number of pyridine rings is 1. The van der Waals surface area contributed by atoms with Crippen molar-refractivity contribution in [2.75, 3.05) is 19.7 Å². The predicted octanol–water partition coefficient (Wildman–Crippen LogP) is 1.90. The second-order valence-electron chi connectivity index (χ2n) is 5.10. The summed E-state index contributed by atoms with van der Waals surface area (Å²) in [5.74, 6) is 0.505. The molecule has 1 amide bonds. The van der Waals surface area contributed by atoms with Crippen molar-refractivity contribution in [1.29, 1.82) is 0 Å². The molecule has 2 aromatic heterocycles. The van der Waals surface area contributed by atoms with Gasteiger partial charge in [0.1, 0.15) is 17.4 Å². The highest BCUT2D eigenvalue weighted by molar-refractivity contribution is 5.96. The second-order valence-corrected chi connectivity index (χ2v) is 5.10. The minimum absolute atomic E-state index is 0.0524. The van der Waals surface area contributed by atoms with E-state index in [1.165, 1.54) is 0 Å². The first-order chi connectivity index (χ1) is 10.2. The van der Waals surface area contributed by atoms with Crippen molar-refractivity contribution in [3.8, 4) is 0 Å². The predicted molar refractivity (Wildman–Crippen MR) is 74.8 cm³/mol. The van der Waals surface area contributed by atoms with Crippen LogP contribution in [0.4, 0.5) is 0 Å². The molecule has 0 aromatic carbocycles. The summed E-state index contributed by atoms with van der Waals surface area (Å²) in [7, 11) is 0. The van der Waals surface area contributed by atoms with Gasteiger partial charge in [-0.2, -0.15) is 0 Å². The minimum Gasteiger partial charge on any atom is -0.370 e. The third kappa shape index (κ3) is 2.67. The number of carbonyl (C=O) groups excluding carboxylic acids is 1. The summed E-state index contributed by atoms with van der Waals surface area (Å²) in [6.45, 7) is 5.12. The summed E-state index contributed by atoms with van der Waals surface area (Å²) in [5, 5.41) is 3.85. The minimum atomic E-state index is -0.142. The summed E-state index contributed by atoms with van der Waals surface area (Å²) < 4.78 is 10.8. The molecular weight excluding hydrogens is 270 g/mol. The van der Waals surface area contributed by atoms with Crippen molar-refractivity contribution in [3.05, 3.63) is 47.1 Å². The fourth-order valence-electron chi connectivity index (χ4n) is 2.55. The van der Waals surface area contributed by atoms with Crippen LogP contribution in [0.5, 0.6) is 0 Å². The van der Waals surface area contributed by atoms with E-state index in [-0.39, 0.29) is 12.0 Å². The Morgan fingerprint density at radius 3 is 2.95 bits per heavy atom. The van der Waals surface area contributed by atoms with E-state index in [4.69, 9.17) is 9.26 Å². The molecule has 1 aliphatic heterocycles. The number of morpholine rings is 1. The van der Waals surface area contributed by atoms with Crippen molar-refractivity contribution in [3.63, 3.8) is 0 Å². The van der Waals surface area contributed by atoms with Crippen LogP contribution < -0.4 is 0 Å². The zero-order chi connectivity index (χ0) is 14.8. The molecule has 0 aliphatic carbocycles. The highest BCUT2D eigenvalue weighted by Gasteiger charge is 2.29. The number of aromatic nitrogens is 2. The van der Waals surface area contributed by atoms with Crippen LogP contribution in [0.3, 0.4) is 0 Å². The van der Waals surface area contributed by atoms with Crippen molar-refractivity contribution in [2.45, 2.75) is 20.0 Å². The molecule has 21 heavy (non-hydrogen) atoms. The molecule has 1 saturated heterocycles. The quantitative estimate of drug-likeness (QED) is 0.844. The molecule has 6 heteroatoms. The van der Waals surface area contributed by atoms with E-state index in [1.807, 2.05) is 12.1 Å². The lowest BCUT2D eigenvalue weighted by Gasteiger charge is -2.33. The van der Waals surface area contributed by atoms with Gasteiger partial charge < -0.3 is 14.2 Å². The van der Waals surface area contributed by atoms with E-state index in [1.54, 1.807) is 31.1 Å². The Balaban J connectivity index is 1.79. The number of aryl methyl sites for hydroxylation is 2. The van der Waals surface area contributed by atoms with E-state index < -0.39 is 0 Å². The van der Waals surface area contributed by atoms with E-state index in [0.29, 0.717) is 36.7 Å². The first kappa shape index (κ1) is 13.8. The van der Waals surface area contributed by atoms with E-state index in [2.05, 4.69) is 10.1 Å².